The molecule has 0 aliphatic rings. The maximum atomic E-state index is 6.13. The fourth-order valence-corrected chi connectivity index (χ4v) is 3.21. The summed E-state index contributed by atoms with van der Waals surface area (Å²) in [4.78, 5) is 8.83. The van der Waals surface area contributed by atoms with Crippen LogP contribution in [0.4, 0.5) is 11.6 Å². The van der Waals surface area contributed by atoms with E-state index in [0.29, 0.717) is 46.7 Å². The summed E-state index contributed by atoms with van der Waals surface area (Å²) in [5.41, 5.74) is 7.48. The van der Waals surface area contributed by atoms with Gasteiger partial charge >= 0.3 is 0 Å². The third-order valence-electron chi connectivity index (χ3n) is 4.90. The first kappa shape index (κ1) is 21.0. The van der Waals surface area contributed by atoms with Gasteiger partial charge in [0, 0.05) is 24.1 Å². The van der Waals surface area contributed by atoms with Gasteiger partial charge in [-0.15, -0.1) is 0 Å². The van der Waals surface area contributed by atoms with Crippen molar-refractivity contribution in [1.82, 2.24) is 9.97 Å². The van der Waals surface area contributed by atoms with Gasteiger partial charge in [0.25, 0.3) is 0 Å². The summed E-state index contributed by atoms with van der Waals surface area (Å²) in [6, 6.07) is 16.8. The maximum Gasteiger partial charge on any atom is 0.162 e. The number of aromatic nitrogens is 2. The fourth-order valence-electron chi connectivity index (χ4n) is 3.21. The Morgan fingerprint density at radius 2 is 1.53 bits per heavy atom. The number of rotatable bonds is 8. The van der Waals surface area contributed by atoms with Crippen LogP contribution in [0, 0.1) is 0 Å². The number of nitrogens with two attached hydrogens (primary N) is 1. The molecule has 32 heavy (non-hydrogen) atoms. The van der Waals surface area contributed by atoms with Gasteiger partial charge in [-0.1, -0.05) is 12.1 Å². The number of nitrogens with zero attached hydrogens (tertiary/aromatic N) is 2. The molecule has 4 aromatic rings. The molecule has 0 saturated carbocycles. The van der Waals surface area contributed by atoms with E-state index in [9.17, 15) is 0 Å². The zero-order valence-electron chi connectivity index (χ0n) is 18.1. The lowest BCUT2D eigenvalue weighted by atomic mass is 10.1. The lowest BCUT2D eigenvalue weighted by molar-refractivity contribution is 0.355. The average Bonchev–Trinajstić information content (AvgIpc) is 2.83. The van der Waals surface area contributed by atoms with E-state index in [-0.39, 0.29) is 0 Å². The van der Waals surface area contributed by atoms with Gasteiger partial charge in [0.15, 0.2) is 11.5 Å². The molecule has 0 saturated heterocycles. The van der Waals surface area contributed by atoms with Crippen molar-refractivity contribution in [2.45, 2.75) is 6.54 Å². The number of nitrogen functional groups attached to an aromatic ring is 1. The Hall–Kier alpha value is -4.20. The molecule has 0 unspecified atom stereocenters. The smallest absolute Gasteiger partial charge is 0.162 e. The molecule has 2 aromatic carbocycles. The monoisotopic (exact) mass is 432 g/mol. The van der Waals surface area contributed by atoms with E-state index in [1.807, 2.05) is 42.5 Å². The van der Waals surface area contributed by atoms with Gasteiger partial charge in [0.2, 0.25) is 0 Å². The van der Waals surface area contributed by atoms with Crippen molar-refractivity contribution in [1.29, 1.82) is 0 Å². The van der Waals surface area contributed by atoms with E-state index in [1.54, 1.807) is 39.7 Å². The SMILES string of the molecule is COc1ccc(CNc2cc(Oc3ccc(N)nc3)c3cc(OC)c(OC)cc3n2)cc1. The van der Waals surface area contributed by atoms with Gasteiger partial charge < -0.3 is 30.0 Å². The zero-order chi connectivity index (χ0) is 22.5. The number of methoxy groups -OCH3 is 3. The highest BCUT2D eigenvalue weighted by Crippen LogP contribution is 2.38. The second-order valence-electron chi connectivity index (χ2n) is 6.95. The van der Waals surface area contributed by atoms with Gasteiger partial charge in [-0.3, -0.25) is 0 Å². The number of hydrogen-bond donors (Lipinski definition) is 2. The molecule has 0 spiro atoms. The van der Waals surface area contributed by atoms with E-state index >= 15 is 0 Å². The van der Waals surface area contributed by atoms with Crippen molar-refractivity contribution in [3.8, 4) is 28.7 Å². The van der Waals surface area contributed by atoms with Crippen LogP contribution in [0.3, 0.4) is 0 Å². The van der Waals surface area contributed by atoms with Crippen molar-refractivity contribution in [2.75, 3.05) is 32.4 Å². The average molecular weight is 432 g/mol. The number of hydrogen-bond acceptors (Lipinski definition) is 8. The number of pyridine rings is 2. The third-order valence-corrected chi connectivity index (χ3v) is 4.90. The van der Waals surface area contributed by atoms with Crippen molar-refractivity contribution < 1.29 is 18.9 Å². The number of fused-ring (bicyclic) bond motifs is 1. The number of benzene rings is 2. The number of anilines is 2. The number of nitrogens with one attached hydrogen (secondary N) is 1. The van der Waals surface area contributed by atoms with Gasteiger partial charge in [0.05, 0.1) is 33.0 Å². The molecule has 0 atom stereocenters. The summed E-state index contributed by atoms with van der Waals surface area (Å²) in [7, 11) is 4.83. The Balaban J connectivity index is 1.70. The first-order chi connectivity index (χ1) is 15.6. The van der Waals surface area contributed by atoms with Crippen molar-refractivity contribution >= 4 is 22.5 Å². The largest absolute Gasteiger partial charge is 0.497 e. The minimum atomic E-state index is 0.421. The summed E-state index contributed by atoms with van der Waals surface area (Å²) in [5, 5.41) is 4.12. The second-order valence-corrected chi connectivity index (χ2v) is 6.95. The minimum Gasteiger partial charge on any atom is -0.497 e. The van der Waals surface area contributed by atoms with E-state index in [0.717, 1.165) is 16.7 Å². The van der Waals surface area contributed by atoms with Crippen molar-refractivity contribution in [2.24, 2.45) is 0 Å². The predicted octanol–water partition coefficient (Wildman–Crippen LogP) is 4.64. The highest BCUT2D eigenvalue weighted by molar-refractivity contribution is 5.90. The van der Waals surface area contributed by atoms with Gasteiger partial charge in [-0.05, 0) is 35.9 Å². The molecule has 2 aromatic heterocycles. The van der Waals surface area contributed by atoms with Crippen LogP contribution < -0.4 is 30.0 Å². The molecule has 2 heterocycles. The van der Waals surface area contributed by atoms with Gasteiger partial charge in [-0.2, -0.15) is 0 Å². The van der Waals surface area contributed by atoms with Gasteiger partial charge in [0.1, 0.15) is 28.9 Å². The Kier molecular flexibility index (Phi) is 6.12. The third kappa shape index (κ3) is 4.59. The molecule has 0 bridgehead atoms. The van der Waals surface area contributed by atoms with Crippen LogP contribution in [0.15, 0.2) is 60.8 Å². The quantitative estimate of drug-likeness (QED) is 0.415. The Bertz CT molecular complexity index is 1210. The second kappa shape index (κ2) is 9.30. The maximum absolute atomic E-state index is 6.13. The molecule has 3 N–H and O–H groups in total. The first-order valence-corrected chi connectivity index (χ1v) is 9.92. The molecular weight excluding hydrogens is 408 g/mol. The molecule has 0 fully saturated rings. The van der Waals surface area contributed by atoms with Crippen LogP contribution in [-0.2, 0) is 6.54 Å². The van der Waals surface area contributed by atoms with Crippen molar-refractivity contribution in [3.63, 3.8) is 0 Å². The summed E-state index contributed by atoms with van der Waals surface area (Å²) < 4.78 is 22.2. The Morgan fingerprint density at radius 3 is 2.19 bits per heavy atom. The van der Waals surface area contributed by atoms with E-state index in [1.165, 1.54) is 0 Å². The van der Waals surface area contributed by atoms with E-state index in [4.69, 9.17) is 29.7 Å². The molecule has 8 nitrogen and oxygen atoms in total. The molecule has 0 radical (unpaired) electrons. The zero-order valence-corrected chi connectivity index (χ0v) is 18.1. The molecule has 4 rings (SSSR count). The predicted molar refractivity (Wildman–Crippen MR) is 124 cm³/mol. The standard InChI is InChI=1S/C24H24N4O4/c1-29-16-6-4-15(5-7-16)13-27-24-12-20(32-17-8-9-23(25)26-14-17)18-10-21(30-2)22(31-3)11-19(18)28-24/h4-12,14H,13H2,1-3H3,(H2,25,26)(H,27,28). The van der Waals surface area contributed by atoms with E-state index < -0.39 is 0 Å². The molecule has 164 valence electrons. The van der Waals surface area contributed by atoms with Crippen LogP contribution in [0.5, 0.6) is 28.7 Å². The molecule has 0 aliphatic heterocycles. The summed E-state index contributed by atoms with van der Waals surface area (Å²) in [6.45, 7) is 0.582. The lowest BCUT2D eigenvalue weighted by Gasteiger charge is -2.15. The van der Waals surface area contributed by atoms with Crippen LogP contribution >= 0.6 is 0 Å². The minimum absolute atomic E-state index is 0.421. The fraction of sp³-hybridized carbons (Fsp3) is 0.167. The highest BCUT2D eigenvalue weighted by Gasteiger charge is 2.14. The molecule has 0 aliphatic carbocycles. The normalized spacial score (nSPS) is 10.6. The molecular formula is C24H24N4O4. The van der Waals surface area contributed by atoms with Crippen molar-refractivity contribution in [3.05, 3.63) is 66.4 Å². The van der Waals surface area contributed by atoms with Crippen LogP contribution in [0.2, 0.25) is 0 Å². The van der Waals surface area contributed by atoms with Crippen LogP contribution in [0.1, 0.15) is 5.56 Å². The lowest BCUT2D eigenvalue weighted by Crippen LogP contribution is -2.03. The highest BCUT2D eigenvalue weighted by atomic mass is 16.5. The topological polar surface area (TPSA) is 101 Å². The van der Waals surface area contributed by atoms with E-state index in [2.05, 4.69) is 10.3 Å². The molecule has 8 heteroatoms. The van der Waals surface area contributed by atoms with Gasteiger partial charge in [-0.25, -0.2) is 9.97 Å². The number of ether oxygens (including phenoxy) is 4. The van der Waals surface area contributed by atoms with Crippen LogP contribution in [-0.4, -0.2) is 31.3 Å². The van der Waals surface area contributed by atoms with Crippen LogP contribution in [0.25, 0.3) is 10.9 Å². The Morgan fingerprint density at radius 1 is 0.812 bits per heavy atom. The summed E-state index contributed by atoms with van der Waals surface area (Å²) in [5.74, 6) is 4.21. The first-order valence-electron chi connectivity index (χ1n) is 9.92. The summed E-state index contributed by atoms with van der Waals surface area (Å²) in [6.07, 6.45) is 1.58. The summed E-state index contributed by atoms with van der Waals surface area (Å²) >= 11 is 0. The Labute approximate surface area is 185 Å². The molecule has 0 amide bonds.